The standard InChI is InChI=1S/C11H7F3N2O2/c12-11(13,14)8-1-3-9(4-2-8)16-10(18)7(5-15)6-17/h1-4,6,17H,(H,16,18)/b7-6-. The lowest BCUT2D eigenvalue weighted by Gasteiger charge is -2.08. The molecular formula is C11H7F3N2O2. The fraction of sp³-hybridized carbons (Fsp3) is 0.0909. The molecule has 0 spiro atoms. The van der Waals surface area contributed by atoms with Crippen molar-refractivity contribution in [3.63, 3.8) is 0 Å². The predicted octanol–water partition coefficient (Wildman–Crippen LogP) is 2.61. The molecule has 1 rings (SSSR count). The van der Waals surface area contributed by atoms with Gasteiger partial charge in [0.05, 0.1) is 5.56 Å². The van der Waals surface area contributed by atoms with Crippen molar-refractivity contribution in [1.29, 1.82) is 5.26 Å². The van der Waals surface area contributed by atoms with Crippen LogP contribution in [0.4, 0.5) is 18.9 Å². The lowest BCUT2D eigenvalue weighted by atomic mass is 10.2. The Morgan fingerprint density at radius 2 is 1.89 bits per heavy atom. The van der Waals surface area contributed by atoms with E-state index in [-0.39, 0.29) is 5.69 Å². The smallest absolute Gasteiger partial charge is 0.416 e. The van der Waals surface area contributed by atoms with Gasteiger partial charge in [-0.2, -0.15) is 18.4 Å². The molecule has 2 N–H and O–H groups in total. The van der Waals surface area contributed by atoms with Crippen LogP contribution in [0, 0.1) is 11.3 Å². The van der Waals surface area contributed by atoms with E-state index in [4.69, 9.17) is 10.4 Å². The number of alkyl halides is 3. The Labute approximate surface area is 100.0 Å². The van der Waals surface area contributed by atoms with Gasteiger partial charge >= 0.3 is 6.18 Å². The summed E-state index contributed by atoms with van der Waals surface area (Å²) in [5.74, 6) is -0.903. The number of aliphatic hydroxyl groups excluding tert-OH is 1. The fourth-order valence-corrected chi connectivity index (χ4v) is 1.08. The summed E-state index contributed by atoms with van der Waals surface area (Å²) >= 11 is 0. The molecular weight excluding hydrogens is 249 g/mol. The van der Waals surface area contributed by atoms with Crippen LogP contribution in [0.1, 0.15) is 5.56 Å². The minimum absolute atomic E-state index is 0.0857. The van der Waals surface area contributed by atoms with E-state index in [1.54, 1.807) is 0 Å². The number of nitrogens with one attached hydrogen (secondary N) is 1. The fourth-order valence-electron chi connectivity index (χ4n) is 1.08. The van der Waals surface area contributed by atoms with Gasteiger partial charge in [-0.15, -0.1) is 0 Å². The number of carbonyl (C=O) groups is 1. The molecule has 0 radical (unpaired) electrons. The molecule has 0 aliphatic heterocycles. The van der Waals surface area contributed by atoms with Crippen LogP contribution in [0.2, 0.25) is 0 Å². The second-order valence-corrected chi connectivity index (χ2v) is 3.18. The van der Waals surface area contributed by atoms with Gasteiger partial charge in [-0.05, 0) is 24.3 Å². The number of hydrogen-bond donors (Lipinski definition) is 2. The van der Waals surface area contributed by atoms with Gasteiger partial charge in [-0.3, -0.25) is 4.79 Å². The summed E-state index contributed by atoms with van der Waals surface area (Å²) in [6.45, 7) is 0. The minimum Gasteiger partial charge on any atom is -0.514 e. The van der Waals surface area contributed by atoms with E-state index in [1.807, 2.05) is 0 Å². The van der Waals surface area contributed by atoms with E-state index >= 15 is 0 Å². The predicted molar refractivity (Wildman–Crippen MR) is 56.4 cm³/mol. The Hall–Kier alpha value is -2.49. The number of rotatable bonds is 2. The highest BCUT2D eigenvalue weighted by Crippen LogP contribution is 2.29. The van der Waals surface area contributed by atoms with Crippen LogP contribution in [0.3, 0.4) is 0 Å². The summed E-state index contributed by atoms with van der Waals surface area (Å²) in [4.78, 5) is 11.3. The summed E-state index contributed by atoms with van der Waals surface area (Å²) in [5.41, 5.74) is -1.31. The molecule has 18 heavy (non-hydrogen) atoms. The minimum atomic E-state index is -4.45. The maximum Gasteiger partial charge on any atom is 0.416 e. The third kappa shape index (κ3) is 3.25. The molecule has 0 aliphatic rings. The molecule has 1 aromatic carbocycles. The third-order valence-electron chi connectivity index (χ3n) is 1.96. The van der Waals surface area contributed by atoms with E-state index in [0.29, 0.717) is 6.26 Å². The van der Waals surface area contributed by atoms with Crippen LogP contribution < -0.4 is 5.32 Å². The van der Waals surface area contributed by atoms with Gasteiger partial charge in [0, 0.05) is 5.69 Å². The lowest BCUT2D eigenvalue weighted by Crippen LogP contribution is -2.13. The molecule has 0 saturated carbocycles. The molecule has 0 atom stereocenters. The van der Waals surface area contributed by atoms with Gasteiger partial charge in [0.2, 0.25) is 0 Å². The van der Waals surface area contributed by atoms with Crippen LogP contribution in [0.25, 0.3) is 0 Å². The number of nitrogens with zero attached hydrogens (tertiary/aromatic N) is 1. The van der Waals surface area contributed by atoms with Crippen molar-refractivity contribution in [3.05, 3.63) is 41.7 Å². The topological polar surface area (TPSA) is 73.1 Å². The number of nitriles is 1. The number of hydrogen-bond acceptors (Lipinski definition) is 3. The van der Waals surface area contributed by atoms with E-state index in [2.05, 4.69) is 5.32 Å². The molecule has 0 unspecified atom stereocenters. The van der Waals surface area contributed by atoms with Crippen molar-refractivity contribution in [2.24, 2.45) is 0 Å². The van der Waals surface area contributed by atoms with Crippen LogP contribution in [0.5, 0.6) is 0 Å². The molecule has 4 nitrogen and oxygen atoms in total. The highest BCUT2D eigenvalue weighted by molar-refractivity contribution is 6.06. The zero-order chi connectivity index (χ0) is 13.8. The van der Waals surface area contributed by atoms with Gasteiger partial charge < -0.3 is 10.4 Å². The number of anilines is 1. The second kappa shape index (κ2) is 5.23. The molecule has 0 heterocycles. The number of benzene rings is 1. The van der Waals surface area contributed by atoms with E-state index in [1.165, 1.54) is 6.07 Å². The molecule has 7 heteroatoms. The molecule has 0 fully saturated rings. The SMILES string of the molecule is N#C/C(=C/O)C(=O)Nc1ccc(C(F)(F)F)cc1. The molecule has 1 amide bonds. The number of carbonyl (C=O) groups excluding carboxylic acids is 1. The number of halogens is 3. The van der Waals surface area contributed by atoms with Gasteiger partial charge in [0.1, 0.15) is 12.3 Å². The number of amides is 1. The average molecular weight is 256 g/mol. The third-order valence-corrected chi connectivity index (χ3v) is 1.96. The Morgan fingerprint density at radius 1 is 1.33 bits per heavy atom. The molecule has 0 saturated heterocycles. The van der Waals surface area contributed by atoms with E-state index in [9.17, 15) is 18.0 Å². The summed E-state index contributed by atoms with van der Waals surface area (Å²) < 4.78 is 36.7. The van der Waals surface area contributed by atoms with Crippen LogP contribution in [0.15, 0.2) is 36.1 Å². The first-order chi connectivity index (χ1) is 8.38. The van der Waals surface area contributed by atoms with Crippen molar-refractivity contribution in [3.8, 4) is 6.07 Å². The number of aliphatic hydroxyl groups is 1. The van der Waals surface area contributed by atoms with Crippen molar-refractivity contribution in [1.82, 2.24) is 0 Å². The maximum atomic E-state index is 12.2. The lowest BCUT2D eigenvalue weighted by molar-refractivity contribution is -0.137. The Bertz CT molecular complexity index is 513. The van der Waals surface area contributed by atoms with Crippen molar-refractivity contribution >= 4 is 11.6 Å². The van der Waals surface area contributed by atoms with Crippen LogP contribution in [-0.2, 0) is 11.0 Å². The second-order valence-electron chi connectivity index (χ2n) is 3.18. The van der Waals surface area contributed by atoms with E-state index in [0.717, 1.165) is 24.3 Å². The Balaban J connectivity index is 2.83. The van der Waals surface area contributed by atoms with Crippen LogP contribution >= 0.6 is 0 Å². The Kier molecular flexibility index (Phi) is 3.94. The van der Waals surface area contributed by atoms with Gasteiger partial charge in [0.25, 0.3) is 5.91 Å². The monoisotopic (exact) mass is 256 g/mol. The van der Waals surface area contributed by atoms with E-state index < -0.39 is 23.2 Å². The molecule has 1 aromatic rings. The van der Waals surface area contributed by atoms with Crippen LogP contribution in [-0.4, -0.2) is 11.0 Å². The maximum absolute atomic E-state index is 12.2. The van der Waals surface area contributed by atoms with Crippen molar-refractivity contribution < 1.29 is 23.1 Å². The molecule has 94 valence electrons. The van der Waals surface area contributed by atoms with Crippen molar-refractivity contribution in [2.75, 3.05) is 5.32 Å². The molecule has 0 aliphatic carbocycles. The first-order valence-corrected chi connectivity index (χ1v) is 4.61. The van der Waals surface area contributed by atoms with Gasteiger partial charge in [-0.25, -0.2) is 0 Å². The quantitative estimate of drug-likeness (QED) is 0.485. The molecule has 0 aromatic heterocycles. The summed E-state index contributed by atoms with van der Waals surface area (Å²) in [6, 6.07) is 5.12. The summed E-state index contributed by atoms with van der Waals surface area (Å²) in [6.07, 6.45) is -4.13. The first kappa shape index (κ1) is 13.6. The molecule has 0 bridgehead atoms. The average Bonchev–Trinajstić information content (AvgIpc) is 2.30. The highest BCUT2D eigenvalue weighted by Gasteiger charge is 2.29. The van der Waals surface area contributed by atoms with Gasteiger partial charge in [-0.1, -0.05) is 0 Å². The zero-order valence-electron chi connectivity index (χ0n) is 8.82. The van der Waals surface area contributed by atoms with Gasteiger partial charge in [0.15, 0.2) is 5.57 Å². The Morgan fingerprint density at radius 3 is 2.28 bits per heavy atom. The first-order valence-electron chi connectivity index (χ1n) is 4.61. The largest absolute Gasteiger partial charge is 0.514 e. The summed E-state index contributed by atoms with van der Waals surface area (Å²) in [5, 5.41) is 19.1. The zero-order valence-corrected chi connectivity index (χ0v) is 8.82. The normalized spacial score (nSPS) is 11.8. The highest BCUT2D eigenvalue weighted by atomic mass is 19.4. The summed E-state index contributed by atoms with van der Waals surface area (Å²) in [7, 11) is 0. The van der Waals surface area contributed by atoms with Crippen molar-refractivity contribution in [2.45, 2.75) is 6.18 Å².